The van der Waals surface area contributed by atoms with Gasteiger partial charge in [0.15, 0.2) is 9.84 Å². The lowest BCUT2D eigenvalue weighted by molar-refractivity contribution is 0.144. The fraction of sp³-hybridized carbons (Fsp3) is 0.429. The number of rotatable bonds is 2. The van der Waals surface area contributed by atoms with E-state index in [1.807, 2.05) is 18.2 Å². The van der Waals surface area contributed by atoms with E-state index in [0.717, 1.165) is 38.2 Å². The molecule has 0 bridgehead atoms. The van der Waals surface area contributed by atoms with E-state index in [4.69, 9.17) is 0 Å². The summed E-state index contributed by atoms with van der Waals surface area (Å²) in [5.41, 5.74) is 3.53. The minimum atomic E-state index is -3.11. The van der Waals surface area contributed by atoms with E-state index in [2.05, 4.69) is 39.4 Å². The molecule has 0 saturated carbocycles. The van der Waals surface area contributed by atoms with E-state index >= 15 is 0 Å². The number of benzene rings is 2. The Kier molecular flexibility index (Phi) is 4.13. The molecule has 6 heteroatoms. The van der Waals surface area contributed by atoms with Gasteiger partial charge < -0.3 is 10.2 Å². The van der Waals surface area contributed by atoms with Gasteiger partial charge in [-0.2, -0.15) is 0 Å². The molecule has 3 aliphatic heterocycles. The summed E-state index contributed by atoms with van der Waals surface area (Å²) in [4.78, 5) is 5.53. The van der Waals surface area contributed by atoms with Crippen molar-refractivity contribution in [3.05, 3.63) is 54.1 Å². The van der Waals surface area contributed by atoms with Gasteiger partial charge in [-0.25, -0.2) is 8.42 Å². The molecule has 1 unspecified atom stereocenters. The summed E-state index contributed by atoms with van der Waals surface area (Å²) in [5, 5.41) is 3.49. The Morgan fingerprint density at radius 2 is 1.67 bits per heavy atom. The summed E-state index contributed by atoms with van der Waals surface area (Å²) in [6, 6.07) is 16.9. The second-order valence-corrected chi connectivity index (χ2v) is 9.83. The summed E-state index contributed by atoms with van der Waals surface area (Å²) >= 11 is 0. The van der Waals surface area contributed by atoms with Crippen molar-refractivity contribution in [3.63, 3.8) is 0 Å². The molecule has 0 aromatic heterocycles. The molecule has 5 rings (SSSR count). The van der Waals surface area contributed by atoms with Gasteiger partial charge in [0.25, 0.3) is 0 Å². The first-order valence-corrected chi connectivity index (χ1v) is 11.4. The van der Waals surface area contributed by atoms with Crippen LogP contribution in [0.1, 0.15) is 30.9 Å². The van der Waals surface area contributed by atoms with Crippen LogP contribution >= 0.6 is 0 Å². The molecule has 142 valence electrons. The van der Waals surface area contributed by atoms with Crippen molar-refractivity contribution in [3.8, 4) is 0 Å². The number of anilines is 2. The first-order chi connectivity index (χ1) is 13.1. The van der Waals surface area contributed by atoms with Gasteiger partial charge in [-0.15, -0.1) is 0 Å². The fourth-order valence-corrected chi connectivity index (χ4v) is 6.52. The number of hydrogen-bond donors (Lipinski definition) is 1. The number of para-hydroxylation sites is 2. The number of nitrogens with zero attached hydrogens (tertiary/aromatic N) is 2. The predicted molar refractivity (Wildman–Crippen MR) is 108 cm³/mol. The SMILES string of the molecule is O=S1(=O)CCC(N2CCC(N3CNc4ccccc43)CC2)c2ccccc21. The Hall–Kier alpha value is -2.05. The van der Waals surface area contributed by atoms with Crippen LogP contribution in [0, 0.1) is 0 Å². The third kappa shape index (κ3) is 2.91. The lowest BCUT2D eigenvalue weighted by atomic mass is 9.96. The average Bonchev–Trinajstić information content (AvgIpc) is 3.13. The molecule has 3 aliphatic rings. The Balaban J connectivity index is 1.32. The average molecular weight is 384 g/mol. The van der Waals surface area contributed by atoms with Gasteiger partial charge >= 0.3 is 0 Å². The predicted octanol–water partition coefficient (Wildman–Crippen LogP) is 3.26. The molecule has 0 radical (unpaired) electrons. The van der Waals surface area contributed by atoms with Gasteiger partial charge in [0, 0.05) is 25.2 Å². The molecule has 2 aromatic carbocycles. The molecule has 1 saturated heterocycles. The van der Waals surface area contributed by atoms with Crippen LogP contribution in [-0.2, 0) is 9.84 Å². The summed E-state index contributed by atoms with van der Waals surface area (Å²) < 4.78 is 24.8. The molecule has 5 nitrogen and oxygen atoms in total. The lowest BCUT2D eigenvalue weighted by Gasteiger charge is -2.42. The van der Waals surface area contributed by atoms with Crippen molar-refractivity contribution in [2.24, 2.45) is 0 Å². The van der Waals surface area contributed by atoms with Gasteiger partial charge in [0.05, 0.1) is 28.7 Å². The zero-order valence-electron chi connectivity index (χ0n) is 15.3. The molecule has 1 atom stereocenters. The number of hydrogen-bond acceptors (Lipinski definition) is 5. The maximum atomic E-state index is 12.4. The summed E-state index contributed by atoms with van der Waals surface area (Å²) in [6.45, 7) is 2.92. The molecule has 1 fully saturated rings. The first kappa shape index (κ1) is 17.1. The van der Waals surface area contributed by atoms with Crippen molar-refractivity contribution in [2.45, 2.75) is 36.2 Å². The molecule has 0 amide bonds. The first-order valence-electron chi connectivity index (χ1n) is 9.79. The quantitative estimate of drug-likeness (QED) is 0.863. The van der Waals surface area contributed by atoms with Crippen molar-refractivity contribution < 1.29 is 8.42 Å². The smallest absolute Gasteiger partial charge is 0.178 e. The van der Waals surface area contributed by atoms with Crippen LogP contribution in [0.15, 0.2) is 53.4 Å². The zero-order chi connectivity index (χ0) is 18.4. The van der Waals surface area contributed by atoms with Crippen LogP contribution in [0.2, 0.25) is 0 Å². The molecule has 2 aromatic rings. The zero-order valence-corrected chi connectivity index (χ0v) is 16.2. The third-order valence-electron chi connectivity index (χ3n) is 6.31. The van der Waals surface area contributed by atoms with Crippen LogP contribution in [0.3, 0.4) is 0 Å². The summed E-state index contributed by atoms with van der Waals surface area (Å²) in [6.07, 6.45) is 2.93. The van der Waals surface area contributed by atoms with E-state index < -0.39 is 9.84 Å². The molecule has 0 aliphatic carbocycles. The van der Waals surface area contributed by atoms with Crippen LogP contribution < -0.4 is 10.2 Å². The second-order valence-electron chi connectivity index (χ2n) is 7.75. The van der Waals surface area contributed by atoms with Gasteiger partial charge in [-0.05, 0) is 43.0 Å². The molecular formula is C21H25N3O2S. The largest absolute Gasteiger partial charge is 0.366 e. The Labute approximate surface area is 160 Å². The minimum absolute atomic E-state index is 0.231. The van der Waals surface area contributed by atoms with Crippen LogP contribution in [0.4, 0.5) is 11.4 Å². The summed E-state index contributed by atoms with van der Waals surface area (Å²) in [5.74, 6) is 0.262. The van der Waals surface area contributed by atoms with Crippen LogP contribution in [-0.4, -0.2) is 44.9 Å². The van der Waals surface area contributed by atoms with Gasteiger partial charge in [-0.1, -0.05) is 30.3 Å². The number of piperidine rings is 1. The highest BCUT2D eigenvalue weighted by molar-refractivity contribution is 7.91. The molecule has 27 heavy (non-hydrogen) atoms. The second kappa shape index (κ2) is 6.53. The fourth-order valence-electron chi connectivity index (χ4n) is 4.91. The third-order valence-corrected chi connectivity index (χ3v) is 8.12. The van der Waals surface area contributed by atoms with Crippen molar-refractivity contribution in [2.75, 3.05) is 35.7 Å². The molecule has 0 spiro atoms. The maximum absolute atomic E-state index is 12.4. The Morgan fingerprint density at radius 1 is 0.926 bits per heavy atom. The monoisotopic (exact) mass is 383 g/mol. The van der Waals surface area contributed by atoms with Crippen molar-refractivity contribution in [1.29, 1.82) is 0 Å². The maximum Gasteiger partial charge on any atom is 0.178 e. The van der Waals surface area contributed by atoms with Gasteiger partial charge in [0.1, 0.15) is 0 Å². The molecule has 3 heterocycles. The highest BCUT2D eigenvalue weighted by Gasteiger charge is 2.36. The summed E-state index contributed by atoms with van der Waals surface area (Å²) in [7, 11) is -3.11. The van der Waals surface area contributed by atoms with Crippen molar-refractivity contribution in [1.82, 2.24) is 4.90 Å². The van der Waals surface area contributed by atoms with Gasteiger partial charge in [-0.3, -0.25) is 4.90 Å². The topological polar surface area (TPSA) is 52.7 Å². The number of likely N-dealkylation sites (tertiary alicyclic amines) is 1. The lowest BCUT2D eigenvalue weighted by Crippen LogP contribution is -2.46. The van der Waals surface area contributed by atoms with E-state index in [0.29, 0.717) is 17.4 Å². The minimum Gasteiger partial charge on any atom is -0.366 e. The van der Waals surface area contributed by atoms with E-state index in [1.165, 1.54) is 11.4 Å². The number of fused-ring (bicyclic) bond motifs is 2. The van der Waals surface area contributed by atoms with Crippen LogP contribution in [0.25, 0.3) is 0 Å². The number of sulfone groups is 1. The Bertz CT molecular complexity index is 951. The normalized spacial score (nSPS) is 24.9. The molecule has 1 N–H and O–H groups in total. The van der Waals surface area contributed by atoms with E-state index in [9.17, 15) is 8.42 Å². The van der Waals surface area contributed by atoms with Crippen LogP contribution in [0.5, 0.6) is 0 Å². The molecular weight excluding hydrogens is 358 g/mol. The standard InChI is InChI=1S/C21H25N3O2S/c25-27(26)14-11-19(17-5-1-4-8-21(17)27)23-12-9-16(10-13-23)24-15-22-18-6-2-3-7-20(18)24/h1-8,16,19,22H,9-15H2. The van der Waals surface area contributed by atoms with E-state index in [-0.39, 0.29) is 11.8 Å². The Morgan fingerprint density at radius 3 is 2.52 bits per heavy atom. The number of nitrogens with one attached hydrogen (secondary N) is 1. The van der Waals surface area contributed by atoms with Crippen molar-refractivity contribution >= 4 is 21.2 Å². The highest BCUT2D eigenvalue weighted by Crippen LogP contribution is 2.39. The van der Waals surface area contributed by atoms with Gasteiger partial charge in [0.2, 0.25) is 0 Å². The highest BCUT2D eigenvalue weighted by atomic mass is 32.2. The van der Waals surface area contributed by atoms with E-state index in [1.54, 1.807) is 6.07 Å².